The van der Waals surface area contributed by atoms with Crippen molar-refractivity contribution in [2.75, 3.05) is 0 Å². The Morgan fingerprint density at radius 1 is 0.273 bits per heavy atom. The minimum absolute atomic E-state index is 0.757. The molecule has 2 aliphatic rings. The van der Waals surface area contributed by atoms with Crippen LogP contribution in [-0.4, -0.2) is 10.2 Å². The maximum atomic E-state index is 13.2. The van der Waals surface area contributed by atoms with Gasteiger partial charge < -0.3 is 10.2 Å². The summed E-state index contributed by atoms with van der Waals surface area (Å²) < 4.78 is 0. The Morgan fingerprint density at radius 2 is 0.500 bits per heavy atom. The maximum absolute atomic E-state index is 13.2. The molecule has 0 aromatic heterocycles. The summed E-state index contributed by atoms with van der Waals surface area (Å²) in [5, 5.41) is 26.4. The third kappa shape index (κ3) is 3.82. The van der Waals surface area contributed by atoms with Crippen LogP contribution in [-0.2, 0) is 11.2 Å². The van der Waals surface area contributed by atoms with Crippen molar-refractivity contribution >= 4 is 24.3 Å². The van der Waals surface area contributed by atoms with Crippen LogP contribution < -0.4 is 0 Å². The molecule has 0 fully saturated rings. The molecule has 44 heavy (non-hydrogen) atoms. The van der Waals surface area contributed by atoms with Gasteiger partial charge >= 0.3 is 0 Å². The highest BCUT2D eigenvalue weighted by atomic mass is 16.3. The van der Waals surface area contributed by atoms with Gasteiger partial charge in [-0.15, -0.1) is 0 Å². The van der Waals surface area contributed by atoms with E-state index in [-0.39, 0.29) is 0 Å². The third-order valence-corrected chi connectivity index (χ3v) is 9.21. The molecule has 0 saturated carbocycles. The molecule has 0 amide bonds. The van der Waals surface area contributed by atoms with E-state index in [0.717, 1.165) is 66.8 Å². The molecule has 0 aliphatic heterocycles. The summed E-state index contributed by atoms with van der Waals surface area (Å²) in [6, 6.07) is 48.4. The van der Waals surface area contributed by atoms with Crippen LogP contribution in [0.4, 0.5) is 0 Å². The molecule has 6 aromatic rings. The van der Waals surface area contributed by atoms with Gasteiger partial charge in [0.25, 0.3) is 0 Å². The molecule has 0 bridgehead atoms. The second-order valence-electron chi connectivity index (χ2n) is 11.5. The first-order chi connectivity index (χ1) is 21.6. The van der Waals surface area contributed by atoms with Crippen LogP contribution in [0.2, 0.25) is 0 Å². The van der Waals surface area contributed by atoms with E-state index in [9.17, 15) is 10.2 Å². The van der Waals surface area contributed by atoms with Crippen molar-refractivity contribution in [2.24, 2.45) is 0 Å². The normalized spacial score (nSPS) is 15.2. The number of benzene rings is 6. The van der Waals surface area contributed by atoms with E-state index in [1.54, 1.807) is 0 Å². The van der Waals surface area contributed by atoms with Crippen molar-refractivity contribution in [1.82, 2.24) is 0 Å². The Kier molecular flexibility index (Phi) is 6.09. The highest BCUT2D eigenvalue weighted by Gasteiger charge is 2.43. The predicted molar refractivity (Wildman–Crippen MR) is 180 cm³/mol. The lowest BCUT2D eigenvalue weighted by Crippen LogP contribution is -2.32. The van der Waals surface area contributed by atoms with Crippen LogP contribution in [0.25, 0.3) is 35.4 Å². The van der Waals surface area contributed by atoms with E-state index >= 15 is 0 Å². The van der Waals surface area contributed by atoms with Crippen LogP contribution in [0.15, 0.2) is 146 Å². The van der Waals surface area contributed by atoms with Crippen LogP contribution in [0.5, 0.6) is 0 Å². The Balaban J connectivity index is 1.44. The molecule has 2 nitrogen and oxygen atoms in total. The van der Waals surface area contributed by atoms with Gasteiger partial charge in [-0.25, -0.2) is 0 Å². The Morgan fingerprint density at radius 3 is 0.795 bits per heavy atom. The average Bonchev–Trinajstić information content (AvgIpc) is 3.31. The number of hydrogen-bond acceptors (Lipinski definition) is 2. The summed E-state index contributed by atoms with van der Waals surface area (Å²) in [5.41, 5.74) is 7.45. The van der Waals surface area contributed by atoms with Gasteiger partial charge in [0.05, 0.1) is 0 Å². The zero-order valence-electron chi connectivity index (χ0n) is 24.1. The van der Waals surface area contributed by atoms with Crippen molar-refractivity contribution < 1.29 is 10.2 Å². The van der Waals surface area contributed by atoms with Crippen molar-refractivity contribution in [3.63, 3.8) is 0 Å². The average molecular weight is 567 g/mol. The van der Waals surface area contributed by atoms with Gasteiger partial charge in [-0.05, 0) is 55.6 Å². The van der Waals surface area contributed by atoms with Gasteiger partial charge in [0, 0.05) is 11.1 Å². The summed E-state index contributed by atoms with van der Waals surface area (Å²) in [7, 11) is 0. The molecule has 0 spiro atoms. The molecular formula is C42H30O2. The molecule has 0 atom stereocenters. The first-order valence-electron chi connectivity index (χ1n) is 15.0. The van der Waals surface area contributed by atoms with Crippen molar-refractivity contribution in [3.8, 4) is 11.1 Å². The van der Waals surface area contributed by atoms with Crippen LogP contribution in [0.3, 0.4) is 0 Å². The quantitative estimate of drug-likeness (QED) is 0.225. The largest absolute Gasteiger partial charge is 0.376 e. The van der Waals surface area contributed by atoms with E-state index in [1.165, 1.54) is 0 Å². The Bertz CT molecular complexity index is 1860. The molecule has 2 aliphatic carbocycles. The summed E-state index contributed by atoms with van der Waals surface area (Å²) in [5.74, 6) is 0. The standard InChI is InChI=1S/C42H30O2/c43-41(35-19-7-1-13-29(35)25-26-30-14-2-8-20-36(30)41)39-23-11-5-17-33(39)34-18-6-12-24-40(34)42(44)37-21-9-3-15-31(37)27-28-32-16-4-10-22-38(32)42/h1-28,43-44H. The summed E-state index contributed by atoms with van der Waals surface area (Å²) in [4.78, 5) is 0. The van der Waals surface area contributed by atoms with E-state index in [1.807, 2.05) is 133 Å². The van der Waals surface area contributed by atoms with E-state index in [2.05, 4.69) is 36.4 Å². The number of rotatable bonds is 3. The monoisotopic (exact) mass is 566 g/mol. The first-order valence-corrected chi connectivity index (χ1v) is 15.0. The van der Waals surface area contributed by atoms with E-state index < -0.39 is 11.2 Å². The molecule has 0 unspecified atom stereocenters. The minimum Gasteiger partial charge on any atom is -0.376 e. The van der Waals surface area contributed by atoms with Crippen LogP contribution in [0.1, 0.15) is 55.6 Å². The fourth-order valence-electron chi connectivity index (χ4n) is 7.18. The van der Waals surface area contributed by atoms with Crippen molar-refractivity contribution in [2.45, 2.75) is 11.2 Å². The van der Waals surface area contributed by atoms with Gasteiger partial charge in [-0.2, -0.15) is 0 Å². The Hall–Kier alpha value is -5.28. The fraction of sp³-hybridized carbons (Fsp3) is 0.0476. The smallest absolute Gasteiger partial charge is 0.142 e. The minimum atomic E-state index is -1.45. The SMILES string of the molecule is OC1(c2ccccc2-c2ccccc2C2(O)c3ccccc3C=Cc3ccccc32)c2ccccc2C=Cc2ccccc21. The highest BCUT2D eigenvalue weighted by Crippen LogP contribution is 2.50. The lowest BCUT2D eigenvalue weighted by atomic mass is 9.72. The summed E-state index contributed by atoms with van der Waals surface area (Å²) in [6.07, 6.45) is 8.32. The van der Waals surface area contributed by atoms with Gasteiger partial charge in [0.2, 0.25) is 0 Å². The summed E-state index contributed by atoms with van der Waals surface area (Å²) in [6.45, 7) is 0. The fourth-order valence-corrected chi connectivity index (χ4v) is 7.18. The number of aliphatic hydroxyl groups is 2. The third-order valence-electron chi connectivity index (χ3n) is 9.21. The lowest BCUT2D eigenvalue weighted by molar-refractivity contribution is 0.124. The van der Waals surface area contributed by atoms with Crippen LogP contribution >= 0.6 is 0 Å². The highest BCUT2D eigenvalue weighted by molar-refractivity contribution is 5.84. The molecule has 0 radical (unpaired) electrons. The molecule has 2 heteroatoms. The molecule has 210 valence electrons. The summed E-state index contributed by atoms with van der Waals surface area (Å²) >= 11 is 0. The predicted octanol–water partition coefficient (Wildman–Crippen LogP) is 8.89. The van der Waals surface area contributed by atoms with Gasteiger partial charge in [-0.1, -0.05) is 170 Å². The van der Waals surface area contributed by atoms with Gasteiger partial charge in [-0.3, -0.25) is 0 Å². The lowest BCUT2D eigenvalue weighted by Gasteiger charge is -2.36. The number of fused-ring (bicyclic) bond motifs is 4. The second-order valence-corrected chi connectivity index (χ2v) is 11.5. The van der Waals surface area contributed by atoms with E-state index in [4.69, 9.17) is 0 Å². The molecule has 0 heterocycles. The topological polar surface area (TPSA) is 40.5 Å². The molecular weight excluding hydrogens is 536 g/mol. The molecule has 0 saturated heterocycles. The zero-order valence-corrected chi connectivity index (χ0v) is 24.1. The molecule has 6 aromatic carbocycles. The second kappa shape index (κ2) is 10.2. The van der Waals surface area contributed by atoms with Crippen LogP contribution in [0, 0.1) is 0 Å². The van der Waals surface area contributed by atoms with E-state index in [0.29, 0.717) is 0 Å². The first kappa shape index (κ1) is 26.4. The molecule has 8 rings (SSSR count). The van der Waals surface area contributed by atoms with Gasteiger partial charge in [0.15, 0.2) is 0 Å². The Labute approximate surface area is 257 Å². The van der Waals surface area contributed by atoms with Crippen molar-refractivity contribution in [1.29, 1.82) is 0 Å². The van der Waals surface area contributed by atoms with Crippen molar-refractivity contribution in [3.05, 3.63) is 201 Å². The molecule has 2 N–H and O–H groups in total. The maximum Gasteiger partial charge on any atom is 0.142 e. The van der Waals surface area contributed by atoms with Gasteiger partial charge in [0.1, 0.15) is 11.2 Å². The zero-order chi connectivity index (χ0) is 29.7. The number of hydrogen-bond donors (Lipinski definition) is 2.